The summed E-state index contributed by atoms with van der Waals surface area (Å²) in [4.78, 5) is 12.5. The summed E-state index contributed by atoms with van der Waals surface area (Å²) in [5.41, 5.74) is 0.740. The second-order valence-electron chi connectivity index (χ2n) is 3.56. The molecule has 0 atom stereocenters. The Bertz CT molecular complexity index is 660. The van der Waals surface area contributed by atoms with Gasteiger partial charge < -0.3 is 5.11 Å². The molecule has 0 aliphatic heterocycles. The SMILES string of the molecule is CCn1c(SCc2sccc2C#CCO)n[nH]c1=O. The fourth-order valence-corrected chi connectivity index (χ4v) is 3.48. The van der Waals surface area contributed by atoms with Gasteiger partial charge in [-0.25, -0.2) is 9.89 Å². The van der Waals surface area contributed by atoms with Crippen LogP contribution in [0.5, 0.6) is 0 Å². The average molecular weight is 295 g/mol. The van der Waals surface area contributed by atoms with E-state index in [1.165, 1.54) is 11.8 Å². The van der Waals surface area contributed by atoms with Crippen molar-refractivity contribution < 1.29 is 5.11 Å². The highest BCUT2D eigenvalue weighted by Gasteiger charge is 2.09. The molecule has 0 saturated carbocycles. The third kappa shape index (κ3) is 3.29. The van der Waals surface area contributed by atoms with Crippen molar-refractivity contribution in [2.75, 3.05) is 6.61 Å². The van der Waals surface area contributed by atoms with Crippen LogP contribution in [0.3, 0.4) is 0 Å². The number of hydrogen-bond acceptors (Lipinski definition) is 5. The number of nitrogens with zero attached hydrogens (tertiary/aromatic N) is 2. The van der Waals surface area contributed by atoms with E-state index in [2.05, 4.69) is 22.0 Å². The summed E-state index contributed by atoms with van der Waals surface area (Å²) in [6.07, 6.45) is 0. The predicted octanol–water partition coefficient (Wildman–Crippen LogP) is 1.29. The van der Waals surface area contributed by atoms with Crippen molar-refractivity contribution in [3.63, 3.8) is 0 Å². The Morgan fingerprint density at radius 1 is 1.63 bits per heavy atom. The van der Waals surface area contributed by atoms with Gasteiger partial charge in [0.1, 0.15) is 6.61 Å². The van der Waals surface area contributed by atoms with Gasteiger partial charge in [-0.15, -0.1) is 16.4 Å². The smallest absolute Gasteiger partial charge is 0.343 e. The largest absolute Gasteiger partial charge is 0.384 e. The zero-order chi connectivity index (χ0) is 13.7. The molecule has 2 aromatic rings. The van der Waals surface area contributed by atoms with Gasteiger partial charge in [-0.1, -0.05) is 23.6 Å². The van der Waals surface area contributed by atoms with Crippen LogP contribution in [0.2, 0.25) is 0 Å². The summed E-state index contributed by atoms with van der Waals surface area (Å²) >= 11 is 3.11. The first kappa shape index (κ1) is 13.9. The van der Waals surface area contributed by atoms with Crippen LogP contribution in [0.25, 0.3) is 0 Å². The Labute approximate surface area is 118 Å². The minimum atomic E-state index is -0.184. The van der Waals surface area contributed by atoms with Crippen LogP contribution < -0.4 is 5.69 Å². The maximum Gasteiger partial charge on any atom is 0.343 e. The van der Waals surface area contributed by atoms with E-state index < -0.39 is 0 Å². The zero-order valence-corrected chi connectivity index (χ0v) is 12.0. The highest BCUT2D eigenvalue weighted by molar-refractivity contribution is 7.98. The van der Waals surface area contributed by atoms with Gasteiger partial charge in [0.2, 0.25) is 0 Å². The number of aliphatic hydroxyl groups excluding tert-OH is 1. The molecule has 2 aromatic heterocycles. The van der Waals surface area contributed by atoms with Crippen molar-refractivity contribution in [2.45, 2.75) is 24.4 Å². The molecular weight excluding hydrogens is 282 g/mol. The first-order valence-corrected chi connectivity index (χ1v) is 7.57. The number of rotatable bonds is 4. The molecule has 0 fully saturated rings. The summed E-state index contributed by atoms with van der Waals surface area (Å²) in [7, 11) is 0. The average Bonchev–Trinajstić information content (AvgIpc) is 3.00. The van der Waals surface area contributed by atoms with Crippen LogP contribution in [0.1, 0.15) is 17.4 Å². The highest BCUT2D eigenvalue weighted by Crippen LogP contribution is 2.25. The molecule has 0 unspecified atom stereocenters. The van der Waals surface area contributed by atoms with Crippen LogP contribution in [0, 0.1) is 11.8 Å². The van der Waals surface area contributed by atoms with Crippen molar-refractivity contribution in [3.05, 3.63) is 32.4 Å². The fourth-order valence-electron chi connectivity index (χ4n) is 1.52. The molecule has 0 bridgehead atoms. The monoisotopic (exact) mass is 295 g/mol. The second kappa shape index (κ2) is 6.61. The van der Waals surface area contributed by atoms with Gasteiger partial charge in [0.05, 0.1) is 0 Å². The first-order valence-electron chi connectivity index (χ1n) is 5.70. The van der Waals surface area contributed by atoms with E-state index in [4.69, 9.17) is 5.11 Å². The molecule has 2 N–H and O–H groups in total. The maximum atomic E-state index is 11.4. The topological polar surface area (TPSA) is 70.9 Å². The molecule has 0 aliphatic carbocycles. The van der Waals surface area contributed by atoms with Crippen LogP contribution >= 0.6 is 23.1 Å². The van der Waals surface area contributed by atoms with E-state index in [1.54, 1.807) is 15.9 Å². The van der Waals surface area contributed by atoms with Crippen molar-refractivity contribution in [2.24, 2.45) is 0 Å². The van der Waals surface area contributed by atoms with Gasteiger partial charge in [-0.3, -0.25) is 4.57 Å². The van der Waals surface area contributed by atoms with Crippen molar-refractivity contribution in [1.29, 1.82) is 0 Å². The lowest BCUT2D eigenvalue weighted by Gasteiger charge is -2.01. The summed E-state index contributed by atoms with van der Waals surface area (Å²) in [5, 5.41) is 17.8. The lowest BCUT2D eigenvalue weighted by molar-refractivity contribution is 0.350. The zero-order valence-electron chi connectivity index (χ0n) is 10.3. The van der Waals surface area contributed by atoms with Crippen molar-refractivity contribution >= 4 is 23.1 Å². The van der Waals surface area contributed by atoms with E-state index in [0.717, 1.165) is 10.4 Å². The summed E-state index contributed by atoms with van der Waals surface area (Å²) in [6.45, 7) is 2.36. The molecule has 0 radical (unpaired) electrons. The van der Waals surface area contributed by atoms with Gasteiger partial charge >= 0.3 is 5.69 Å². The Balaban J connectivity index is 2.10. The lowest BCUT2D eigenvalue weighted by atomic mass is 10.3. The Morgan fingerprint density at radius 2 is 2.47 bits per heavy atom. The third-order valence-electron chi connectivity index (χ3n) is 2.42. The van der Waals surface area contributed by atoms with Gasteiger partial charge in [0.25, 0.3) is 0 Å². The number of aliphatic hydroxyl groups is 1. The third-order valence-corrected chi connectivity index (χ3v) is 4.53. The standard InChI is InChI=1S/C12H13N3O2S2/c1-2-15-11(17)13-14-12(15)19-8-10-9(4-3-6-16)5-7-18-10/h5,7,16H,2,6,8H2,1H3,(H,13,17). The van der Waals surface area contributed by atoms with E-state index >= 15 is 0 Å². The Morgan fingerprint density at radius 3 is 3.21 bits per heavy atom. The first-order chi connectivity index (χ1) is 9.26. The van der Waals surface area contributed by atoms with E-state index in [1.807, 2.05) is 18.4 Å². The molecule has 0 saturated heterocycles. The van der Waals surface area contributed by atoms with Gasteiger partial charge in [0, 0.05) is 22.7 Å². The number of H-pyrrole nitrogens is 1. The van der Waals surface area contributed by atoms with Crippen molar-refractivity contribution in [1.82, 2.24) is 14.8 Å². The molecule has 2 heterocycles. The molecule has 0 aromatic carbocycles. The number of thiophene rings is 1. The van der Waals surface area contributed by atoms with Gasteiger partial charge in [-0.05, 0) is 18.4 Å². The van der Waals surface area contributed by atoms with Gasteiger partial charge in [0.15, 0.2) is 5.16 Å². The maximum absolute atomic E-state index is 11.4. The quantitative estimate of drug-likeness (QED) is 0.658. The fraction of sp³-hybridized carbons (Fsp3) is 0.333. The molecule has 19 heavy (non-hydrogen) atoms. The van der Waals surface area contributed by atoms with Crippen LogP contribution in [0.4, 0.5) is 0 Å². The van der Waals surface area contributed by atoms with E-state index in [0.29, 0.717) is 17.5 Å². The molecule has 0 amide bonds. The molecule has 0 aliphatic rings. The summed E-state index contributed by atoms with van der Waals surface area (Å²) in [6, 6.07) is 1.93. The van der Waals surface area contributed by atoms with Crippen LogP contribution in [-0.2, 0) is 12.3 Å². The molecule has 7 heteroatoms. The molecule has 100 valence electrons. The Hall–Kier alpha value is -1.49. The number of aromatic amines is 1. The normalized spacial score (nSPS) is 10.2. The Kier molecular flexibility index (Phi) is 4.85. The number of nitrogens with one attached hydrogen (secondary N) is 1. The molecule has 2 rings (SSSR count). The minimum absolute atomic E-state index is 0.142. The van der Waals surface area contributed by atoms with E-state index in [-0.39, 0.29) is 12.3 Å². The minimum Gasteiger partial charge on any atom is -0.384 e. The molecule has 5 nitrogen and oxygen atoms in total. The van der Waals surface area contributed by atoms with Crippen LogP contribution in [-0.4, -0.2) is 26.5 Å². The molecular formula is C12H13N3O2S2. The predicted molar refractivity (Wildman–Crippen MR) is 76.4 cm³/mol. The summed E-state index contributed by atoms with van der Waals surface area (Å²) in [5.74, 6) is 6.26. The number of aromatic nitrogens is 3. The molecule has 0 spiro atoms. The van der Waals surface area contributed by atoms with Crippen molar-refractivity contribution in [3.8, 4) is 11.8 Å². The lowest BCUT2D eigenvalue weighted by Crippen LogP contribution is -2.16. The van der Waals surface area contributed by atoms with Gasteiger partial charge in [-0.2, -0.15) is 0 Å². The number of thioether (sulfide) groups is 1. The highest BCUT2D eigenvalue weighted by atomic mass is 32.2. The van der Waals surface area contributed by atoms with E-state index in [9.17, 15) is 4.79 Å². The summed E-state index contributed by atoms with van der Waals surface area (Å²) < 4.78 is 1.59. The van der Waals surface area contributed by atoms with Crippen LogP contribution in [0.15, 0.2) is 21.4 Å². The second-order valence-corrected chi connectivity index (χ2v) is 5.50. The number of hydrogen-bond donors (Lipinski definition) is 2.